The fraction of sp³-hybridized carbons (Fsp3) is 0.130. The van der Waals surface area contributed by atoms with E-state index in [2.05, 4.69) is 10.3 Å². The number of hydrogen-bond donors (Lipinski definition) is 1. The summed E-state index contributed by atoms with van der Waals surface area (Å²) in [6, 6.07) is 14.3. The van der Waals surface area contributed by atoms with E-state index in [0.717, 1.165) is 0 Å². The first-order valence-electron chi connectivity index (χ1n) is 9.57. The van der Waals surface area contributed by atoms with Crippen LogP contribution < -0.4 is 10.1 Å². The minimum absolute atomic E-state index is 0.0491. The average Bonchev–Trinajstić information content (AvgIpc) is 3.10. The Hall–Kier alpha value is -3.81. The lowest BCUT2D eigenvalue weighted by Gasteiger charge is -2.09. The van der Waals surface area contributed by atoms with E-state index >= 15 is 0 Å². The number of rotatable bonds is 7. The SMILES string of the molecule is O=C(CCOc1cccc(F)c1)NCc1c(-c2ccc(F)cc2)nc2ccc(F)cn12. The normalized spacial score (nSPS) is 10.9. The third-order valence-corrected chi connectivity index (χ3v) is 4.65. The van der Waals surface area contributed by atoms with Crippen molar-refractivity contribution in [3.05, 3.63) is 90.0 Å². The summed E-state index contributed by atoms with van der Waals surface area (Å²) < 4.78 is 47.2. The minimum atomic E-state index is -0.452. The molecule has 0 radical (unpaired) electrons. The van der Waals surface area contributed by atoms with Gasteiger partial charge in [-0.2, -0.15) is 0 Å². The summed E-state index contributed by atoms with van der Waals surface area (Å²) >= 11 is 0. The van der Waals surface area contributed by atoms with Gasteiger partial charge in [-0.05, 0) is 48.5 Å². The molecule has 158 valence electrons. The van der Waals surface area contributed by atoms with Crippen LogP contribution in [-0.4, -0.2) is 21.9 Å². The standard InChI is InChI=1S/C23H18F3N3O2/c24-16-6-4-15(5-7-16)23-20(29-14-18(26)8-9-21(29)28-23)13-27-22(30)10-11-31-19-3-1-2-17(25)12-19/h1-9,12,14H,10-11,13H2,(H,27,30). The number of nitrogens with one attached hydrogen (secondary N) is 1. The van der Waals surface area contributed by atoms with Crippen LogP contribution in [0.2, 0.25) is 0 Å². The van der Waals surface area contributed by atoms with Gasteiger partial charge in [-0.15, -0.1) is 0 Å². The molecule has 0 unspecified atom stereocenters. The molecule has 0 bridgehead atoms. The van der Waals surface area contributed by atoms with E-state index in [1.54, 1.807) is 22.6 Å². The van der Waals surface area contributed by atoms with Gasteiger partial charge in [0.2, 0.25) is 5.91 Å². The lowest BCUT2D eigenvalue weighted by atomic mass is 10.1. The van der Waals surface area contributed by atoms with Crippen molar-refractivity contribution in [1.82, 2.24) is 14.7 Å². The Labute approximate surface area is 176 Å². The van der Waals surface area contributed by atoms with Crippen molar-refractivity contribution in [3.63, 3.8) is 0 Å². The zero-order chi connectivity index (χ0) is 21.8. The van der Waals surface area contributed by atoms with Crippen LogP contribution in [-0.2, 0) is 11.3 Å². The van der Waals surface area contributed by atoms with Crippen molar-refractivity contribution in [2.75, 3.05) is 6.61 Å². The van der Waals surface area contributed by atoms with Crippen molar-refractivity contribution >= 4 is 11.6 Å². The highest BCUT2D eigenvalue weighted by Gasteiger charge is 2.16. The summed E-state index contributed by atoms with van der Waals surface area (Å²) in [6.45, 7) is 0.151. The third-order valence-electron chi connectivity index (χ3n) is 4.65. The van der Waals surface area contributed by atoms with E-state index in [0.29, 0.717) is 28.3 Å². The molecule has 31 heavy (non-hydrogen) atoms. The Morgan fingerprint density at radius 2 is 1.74 bits per heavy atom. The van der Waals surface area contributed by atoms with Crippen LogP contribution in [0.4, 0.5) is 13.2 Å². The van der Waals surface area contributed by atoms with Crippen LogP contribution in [0.25, 0.3) is 16.9 Å². The van der Waals surface area contributed by atoms with Gasteiger partial charge in [-0.3, -0.25) is 9.20 Å². The van der Waals surface area contributed by atoms with Crippen LogP contribution >= 0.6 is 0 Å². The number of carbonyl (C=O) groups excluding carboxylic acids is 1. The Kier molecular flexibility index (Phi) is 5.88. The Bertz CT molecular complexity index is 1220. The van der Waals surface area contributed by atoms with Crippen LogP contribution in [0.15, 0.2) is 66.9 Å². The van der Waals surface area contributed by atoms with E-state index in [-0.39, 0.29) is 31.3 Å². The summed E-state index contributed by atoms with van der Waals surface area (Å²) in [5.41, 5.74) is 2.21. The number of carbonyl (C=O) groups is 1. The van der Waals surface area contributed by atoms with Gasteiger partial charge in [-0.25, -0.2) is 18.2 Å². The lowest BCUT2D eigenvalue weighted by molar-refractivity contribution is -0.121. The Balaban J connectivity index is 1.48. The first-order chi connectivity index (χ1) is 15.0. The molecule has 8 heteroatoms. The molecule has 2 aromatic carbocycles. The summed E-state index contributed by atoms with van der Waals surface area (Å²) in [4.78, 5) is 16.8. The van der Waals surface area contributed by atoms with Crippen molar-refractivity contribution in [1.29, 1.82) is 0 Å². The van der Waals surface area contributed by atoms with Crippen molar-refractivity contribution < 1.29 is 22.7 Å². The third kappa shape index (κ3) is 4.85. The number of imidazole rings is 1. The number of pyridine rings is 1. The van der Waals surface area contributed by atoms with E-state index in [1.165, 1.54) is 48.7 Å². The molecule has 0 spiro atoms. The quantitative estimate of drug-likeness (QED) is 0.474. The molecule has 0 aliphatic rings. The van der Waals surface area contributed by atoms with Gasteiger partial charge < -0.3 is 10.1 Å². The second-order valence-corrected chi connectivity index (χ2v) is 6.82. The minimum Gasteiger partial charge on any atom is -0.493 e. The van der Waals surface area contributed by atoms with Crippen molar-refractivity contribution in [2.24, 2.45) is 0 Å². The molecule has 1 amide bonds. The van der Waals surface area contributed by atoms with Gasteiger partial charge in [-0.1, -0.05) is 6.07 Å². The molecule has 4 rings (SSSR count). The topological polar surface area (TPSA) is 55.6 Å². The van der Waals surface area contributed by atoms with Crippen LogP contribution in [0.5, 0.6) is 5.75 Å². The molecular formula is C23H18F3N3O2. The number of benzene rings is 2. The van der Waals surface area contributed by atoms with Gasteiger partial charge in [0.05, 0.1) is 31.0 Å². The fourth-order valence-corrected chi connectivity index (χ4v) is 3.16. The number of halogens is 3. The van der Waals surface area contributed by atoms with Crippen LogP contribution in [0.3, 0.4) is 0 Å². The number of ether oxygens (including phenoxy) is 1. The Morgan fingerprint density at radius 1 is 0.968 bits per heavy atom. The first-order valence-corrected chi connectivity index (χ1v) is 9.57. The maximum absolute atomic E-state index is 13.8. The zero-order valence-electron chi connectivity index (χ0n) is 16.3. The number of hydrogen-bond acceptors (Lipinski definition) is 3. The first kappa shape index (κ1) is 20.5. The predicted molar refractivity (Wildman–Crippen MR) is 109 cm³/mol. The van der Waals surface area contributed by atoms with Gasteiger partial charge in [0, 0.05) is 17.8 Å². The van der Waals surface area contributed by atoms with E-state index in [4.69, 9.17) is 4.74 Å². The van der Waals surface area contributed by atoms with Crippen molar-refractivity contribution in [3.8, 4) is 17.0 Å². The molecular weight excluding hydrogens is 407 g/mol. The fourth-order valence-electron chi connectivity index (χ4n) is 3.16. The molecule has 0 saturated carbocycles. The highest BCUT2D eigenvalue weighted by molar-refractivity contribution is 5.76. The van der Waals surface area contributed by atoms with E-state index in [9.17, 15) is 18.0 Å². The molecule has 0 saturated heterocycles. The predicted octanol–water partition coefficient (Wildman–Crippen LogP) is 4.50. The second-order valence-electron chi connectivity index (χ2n) is 6.82. The molecule has 0 aliphatic heterocycles. The van der Waals surface area contributed by atoms with Gasteiger partial charge in [0.15, 0.2) is 0 Å². The number of amides is 1. The second kappa shape index (κ2) is 8.91. The zero-order valence-corrected chi connectivity index (χ0v) is 16.3. The lowest BCUT2D eigenvalue weighted by Crippen LogP contribution is -2.25. The number of aromatic nitrogens is 2. The van der Waals surface area contributed by atoms with Crippen LogP contribution in [0.1, 0.15) is 12.1 Å². The molecule has 0 aliphatic carbocycles. The number of nitrogens with zero attached hydrogens (tertiary/aromatic N) is 2. The smallest absolute Gasteiger partial charge is 0.223 e. The molecule has 5 nitrogen and oxygen atoms in total. The van der Waals surface area contributed by atoms with Gasteiger partial charge >= 0.3 is 0 Å². The number of fused-ring (bicyclic) bond motifs is 1. The molecule has 0 atom stereocenters. The van der Waals surface area contributed by atoms with Crippen LogP contribution in [0, 0.1) is 17.5 Å². The maximum Gasteiger partial charge on any atom is 0.223 e. The average molecular weight is 425 g/mol. The van der Waals surface area contributed by atoms with Gasteiger partial charge in [0.1, 0.15) is 28.8 Å². The monoisotopic (exact) mass is 425 g/mol. The van der Waals surface area contributed by atoms with E-state index < -0.39 is 11.6 Å². The maximum atomic E-state index is 13.8. The van der Waals surface area contributed by atoms with E-state index in [1.807, 2.05) is 0 Å². The molecule has 2 aromatic heterocycles. The molecule has 0 fully saturated rings. The summed E-state index contributed by atoms with van der Waals surface area (Å²) in [5.74, 6) is -1.22. The highest BCUT2D eigenvalue weighted by atomic mass is 19.1. The van der Waals surface area contributed by atoms with Crippen molar-refractivity contribution in [2.45, 2.75) is 13.0 Å². The summed E-state index contributed by atoms with van der Waals surface area (Å²) in [5, 5.41) is 2.77. The van der Waals surface area contributed by atoms with Gasteiger partial charge in [0.25, 0.3) is 0 Å². The molecule has 1 N–H and O–H groups in total. The summed E-state index contributed by atoms with van der Waals surface area (Å²) in [7, 11) is 0. The molecule has 4 aromatic rings. The molecule has 2 heterocycles. The largest absolute Gasteiger partial charge is 0.493 e. The highest BCUT2D eigenvalue weighted by Crippen LogP contribution is 2.25. The Morgan fingerprint density at radius 3 is 2.52 bits per heavy atom. The summed E-state index contributed by atoms with van der Waals surface area (Å²) in [6.07, 6.45) is 1.33.